The van der Waals surface area contributed by atoms with Crippen molar-refractivity contribution in [3.05, 3.63) is 82.9 Å². The number of anilines is 2. The number of aryl methyl sites for hydroxylation is 3. The largest absolute Gasteiger partial charge is 0.494 e. The van der Waals surface area contributed by atoms with E-state index in [-0.39, 0.29) is 10.5 Å². The summed E-state index contributed by atoms with van der Waals surface area (Å²) in [6, 6.07) is 17.1. The average Bonchev–Trinajstić information content (AvgIpc) is 2.68. The standard InChI is InChI=1S/C24H26N2O4S/c1-5-30-22-10-8-20(9-11-22)25-24(27)19-7-6-18(4)23(15-19)31(28,29)26-21-13-16(2)12-17(3)14-21/h6-15,26H,5H2,1-4H3,(H,25,27). The minimum atomic E-state index is -3.86. The maximum Gasteiger partial charge on any atom is 0.262 e. The SMILES string of the molecule is CCOc1ccc(NC(=O)c2ccc(C)c(S(=O)(=O)Nc3cc(C)cc(C)c3)c2)cc1. The molecule has 6 nitrogen and oxygen atoms in total. The molecule has 0 saturated carbocycles. The van der Waals surface area contributed by atoms with Crippen LogP contribution in [0.25, 0.3) is 0 Å². The number of hydrogen-bond donors (Lipinski definition) is 2. The summed E-state index contributed by atoms with van der Waals surface area (Å²) in [5.74, 6) is 0.314. The zero-order valence-electron chi connectivity index (χ0n) is 18.0. The van der Waals surface area contributed by atoms with Gasteiger partial charge in [0.05, 0.1) is 11.5 Å². The molecule has 0 saturated heterocycles. The number of rotatable bonds is 7. The highest BCUT2D eigenvalue weighted by Crippen LogP contribution is 2.23. The molecular weight excluding hydrogens is 412 g/mol. The molecule has 3 aromatic rings. The Labute approximate surface area is 183 Å². The van der Waals surface area contributed by atoms with Gasteiger partial charge in [-0.1, -0.05) is 12.1 Å². The summed E-state index contributed by atoms with van der Waals surface area (Å²) in [6.07, 6.45) is 0. The van der Waals surface area contributed by atoms with E-state index in [1.54, 1.807) is 55.5 Å². The Hall–Kier alpha value is -3.32. The Morgan fingerprint density at radius 3 is 2.13 bits per heavy atom. The first kappa shape index (κ1) is 22.4. The molecule has 1 amide bonds. The molecule has 31 heavy (non-hydrogen) atoms. The van der Waals surface area contributed by atoms with Gasteiger partial charge in [0.2, 0.25) is 0 Å². The Morgan fingerprint density at radius 2 is 1.52 bits per heavy atom. The second-order valence-corrected chi connectivity index (χ2v) is 9.02. The van der Waals surface area contributed by atoms with Gasteiger partial charge < -0.3 is 10.1 Å². The van der Waals surface area contributed by atoms with E-state index in [0.717, 1.165) is 11.1 Å². The Bertz CT molecular complexity index is 1180. The lowest BCUT2D eigenvalue weighted by Gasteiger charge is -2.13. The van der Waals surface area contributed by atoms with E-state index < -0.39 is 15.9 Å². The number of nitrogens with one attached hydrogen (secondary N) is 2. The maximum absolute atomic E-state index is 13.0. The normalized spacial score (nSPS) is 11.1. The van der Waals surface area contributed by atoms with Crippen LogP contribution in [0.3, 0.4) is 0 Å². The molecule has 3 aromatic carbocycles. The third-order valence-corrected chi connectivity index (χ3v) is 6.16. The highest BCUT2D eigenvalue weighted by molar-refractivity contribution is 7.92. The first-order chi connectivity index (χ1) is 14.7. The molecule has 0 spiro atoms. The summed E-state index contributed by atoms with van der Waals surface area (Å²) in [5.41, 5.74) is 3.79. The first-order valence-electron chi connectivity index (χ1n) is 9.94. The Morgan fingerprint density at radius 1 is 0.871 bits per heavy atom. The minimum Gasteiger partial charge on any atom is -0.494 e. The van der Waals surface area contributed by atoms with Gasteiger partial charge in [0.15, 0.2) is 0 Å². The topological polar surface area (TPSA) is 84.5 Å². The van der Waals surface area contributed by atoms with Gasteiger partial charge in [-0.05, 0) is 92.9 Å². The van der Waals surface area contributed by atoms with E-state index in [2.05, 4.69) is 10.0 Å². The number of amides is 1. The fraction of sp³-hybridized carbons (Fsp3) is 0.208. The molecule has 0 radical (unpaired) electrons. The van der Waals surface area contributed by atoms with Crippen LogP contribution in [0.1, 0.15) is 34.0 Å². The van der Waals surface area contributed by atoms with E-state index in [1.807, 2.05) is 26.8 Å². The van der Waals surface area contributed by atoms with E-state index in [9.17, 15) is 13.2 Å². The molecule has 0 heterocycles. The fourth-order valence-corrected chi connectivity index (χ4v) is 4.59. The minimum absolute atomic E-state index is 0.0611. The van der Waals surface area contributed by atoms with Gasteiger partial charge in [-0.25, -0.2) is 8.42 Å². The molecule has 0 aliphatic rings. The molecule has 0 unspecified atom stereocenters. The van der Waals surface area contributed by atoms with Crippen molar-refractivity contribution < 1.29 is 17.9 Å². The number of sulfonamides is 1. The van der Waals surface area contributed by atoms with E-state index in [0.29, 0.717) is 29.3 Å². The zero-order chi connectivity index (χ0) is 22.6. The van der Waals surface area contributed by atoms with E-state index >= 15 is 0 Å². The summed E-state index contributed by atoms with van der Waals surface area (Å²) in [5, 5.41) is 2.78. The number of hydrogen-bond acceptors (Lipinski definition) is 4. The summed E-state index contributed by atoms with van der Waals surface area (Å²) in [4.78, 5) is 12.8. The van der Waals surface area contributed by atoms with Crippen molar-refractivity contribution in [3.8, 4) is 5.75 Å². The van der Waals surface area contributed by atoms with Gasteiger partial charge in [-0.15, -0.1) is 0 Å². The number of benzene rings is 3. The molecule has 7 heteroatoms. The van der Waals surface area contributed by atoms with Crippen LogP contribution in [0.5, 0.6) is 5.75 Å². The van der Waals surface area contributed by atoms with Crippen LogP contribution in [0.4, 0.5) is 11.4 Å². The van der Waals surface area contributed by atoms with Gasteiger partial charge in [0.25, 0.3) is 15.9 Å². The maximum atomic E-state index is 13.0. The first-order valence-corrected chi connectivity index (χ1v) is 11.4. The predicted molar refractivity (Wildman–Crippen MR) is 123 cm³/mol. The summed E-state index contributed by atoms with van der Waals surface area (Å²) >= 11 is 0. The highest BCUT2D eigenvalue weighted by atomic mass is 32.2. The second-order valence-electron chi connectivity index (χ2n) is 7.37. The molecule has 0 aliphatic heterocycles. The molecule has 0 aliphatic carbocycles. The lowest BCUT2D eigenvalue weighted by Crippen LogP contribution is -2.17. The predicted octanol–water partition coefficient (Wildman–Crippen LogP) is 5.06. The zero-order valence-corrected chi connectivity index (χ0v) is 18.8. The van der Waals surface area contributed by atoms with Crippen LogP contribution in [0.2, 0.25) is 0 Å². The molecule has 0 aromatic heterocycles. The van der Waals surface area contributed by atoms with E-state index in [1.165, 1.54) is 6.07 Å². The van der Waals surface area contributed by atoms with Gasteiger partial charge in [0.1, 0.15) is 5.75 Å². The summed E-state index contributed by atoms with van der Waals surface area (Å²) in [7, 11) is -3.86. The Balaban J connectivity index is 1.83. The van der Waals surface area contributed by atoms with E-state index in [4.69, 9.17) is 4.74 Å². The van der Waals surface area contributed by atoms with Gasteiger partial charge in [0, 0.05) is 16.9 Å². The van der Waals surface area contributed by atoms with Gasteiger partial charge in [-0.3, -0.25) is 9.52 Å². The highest BCUT2D eigenvalue weighted by Gasteiger charge is 2.20. The summed E-state index contributed by atoms with van der Waals surface area (Å²) < 4.78 is 34.1. The molecule has 162 valence electrons. The number of carbonyl (C=O) groups is 1. The monoisotopic (exact) mass is 438 g/mol. The van der Waals surface area contributed by atoms with Gasteiger partial charge >= 0.3 is 0 Å². The lowest BCUT2D eigenvalue weighted by molar-refractivity contribution is 0.102. The van der Waals surface area contributed by atoms with Crippen molar-refractivity contribution in [2.24, 2.45) is 0 Å². The van der Waals surface area contributed by atoms with Crippen molar-refractivity contribution in [1.82, 2.24) is 0 Å². The van der Waals surface area contributed by atoms with Gasteiger partial charge in [-0.2, -0.15) is 0 Å². The van der Waals surface area contributed by atoms with Crippen LogP contribution in [-0.2, 0) is 10.0 Å². The number of carbonyl (C=O) groups excluding carboxylic acids is 1. The van der Waals surface area contributed by atoms with Crippen LogP contribution in [0, 0.1) is 20.8 Å². The average molecular weight is 439 g/mol. The van der Waals surface area contributed by atoms with Crippen LogP contribution in [-0.4, -0.2) is 20.9 Å². The molecule has 2 N–H and O–H groups in total. The van der Waals surface area contributed by atoms with Crippen molar-refractivity contribution in [2.75, 3.05) is 16.6 Å². The molecular formula is C24H26N2O4S. The molecule has 3 rings (SSSR count). The molecule has 0 atom stereocenters. The quantitative estimate of drug-likeness (QED) is 0.540. The smallest absolute Gasteiger partial charge is 0.262 e. The Kier molecular flexibility index (Phi) is 6.65. The molecule has 0 bridgehead atoms. The van der Waals surface area contributed by atoms with Crippen LogP contribution in [0.15, 0.2) is 65.6 Å². The third-order valence-electron chi connectivity index (χ3n) is 4.64. The fourth-order valence-electron chi connectivity index (χ4n) is 3.28. The van der Waals surface area contributed by atoms with Crippen LogP contribution < -0.4 is 14.8 Å². The lowest BCUT2D eigenvalue weighted by atomic mass is 10.1. The second kappa shape index (κ2) is 9.22. The third kappa shape index (κ3) is 5.64. The van der Waals surface area contributed by atoms with Crippen molar-refractivity contribution >= 4 is 27.3 Å². The van der Waals surface area contributed by atoms with Crippen molar-refractivity contribution in [3.63, 3.8) is 0 Å². The summed E-state index contributed by atoms with van der Waals surface area (Å²) in [6.45, 7) is 7.96. The number of ether oxygens (including phenoxy) is 1. The molecule has 0 fully saturated rings. The van der Waals surface area contributed by atoms with Crippen molar-refractivity contribution in [1.29, 1.82) is 0 Å². The van der Waals surface area contributed by atoms with Crippen LogP contribution >= 0.6 is 0 Å². The van der Waals surface area contributed by atoms with Crippen molar-refractivity contribution in [2.45, 2.75) is 32.6 Å².